The van der Waals surface area contributed by atoms with E-state index in [0.29, 0.717) is 13.0 Å². The number of hydrogen-bond donors (Lipinski definition) is 3. The summed E-state index contributed by atoms with van der Waals surface area (Å²) in [6, 6.07) is 9.37. The van der Waals surface area contributed by atoms with E-state index in [1.807, 2.05) is 49.5 Å². The Kier molecular flexibility index (Phi) is 7.15. The molecule has 1 unspecified atom stereocenters. The fraction of sp³-hybridized carbons (Fsp3) is 0.471. The summed E-state index contributed by atoms with van der Waals surface area (Å²) < 4.78 is 5.44. The lowest BCUT2D eigenvalue weighted by Gasteiger charge is -2.31. The Balaban J connectivity index is 1.86. The zero-order valence-electron chi connectivity index (χ0n) is 14.0. The molecule has 0 aromatic heterocycles. The first-order valence-electron chi connectivity index (χ1n) is 8.32. The van der Waals surface area contributed by atoms with Crippen LogP contribution < -0.4 is 5.32 Å². The summed E-state index contributed by atoms with van der Waals surface area (Å²) in [6.45, 7) is 3.56. The SMILES string of the molecule is CC=CN1CCC[C@H](OC(=O)NC(Cc2ccccc2)B(O)O)C1. The molecule has 0 spiro atoms. The van der Waals surface area contributed by atoms with Crippen LogP contribution in [0, 0.1) is 0 Å². The van der Waals surface area contributed by atoms with E-state index >= 15 is 0 Å². The van der Waals surface area contributed by atoms with Gasteiger partial charge < -0.3 is 25.0 Å². The van der Waals surface area contributed by atoms with Gasteiger partial charge in [-0.05, 0) is 37.9 Å². The predicted molar refractivity (Wildman–Crippen MR) is 93.2 cm³/mol. The zero-order chi connectivity index (χ0) is 17.4. The molecular formula is C17H25BN2O4. The van der Waals surface area contributed by atoms with Crippen LogP contribution in [0.4, 0.5) is 4.79 Å². The number of nitrogens with zero attached hydrogens (tertiary/aromatic N) is 1. The van der Waals surface area contributed by atoms with Gasteiger partial charge in [0, 0.05) is 6.54 Å². The lowest BCUT2D eigenvalue weighted by atomic mass is 9.76. The first kappa shape index (κ1) is 18.4. The van der Waals surface area contributed by atoms with Gasteiger partial charge in [0.05, 0.1) is 12.5 Å². The monoisotopic (exact) mass is 332 g/mol. The number of carbonyl (C=O) groups is 1. The second kappa shape index (κ2) is 9.34. The molecule has 130 valence electrons. The highest BCUT2D eigenvalue weighted by Gasteiger charge is 2.28. The molecule has 2 atom stereocenters. The largest absolute Gasteiger partial charge is 0.475 e. The van der Waals surface area contributed by atoms with Gasteiger partial charge in [0.25, 0.3) is 0 Å². The third kappa shape index (κ3) is 5.90. The van der Waals surface area contributed by atoms with E-state index in [9.17, 15) is 14.8 Å². The molecular weight excluding hydrogens is 307 g/mol. The number of hydrogen-bond acceptors (Lipinski definition) is 5. The molecule has 0 bridgehead atoms. The number of benzene rings is 1. The number of nitrogens with one attached hydrogen (secondary N) is 1. The molecule has 1 aromatic carbocycles. The molecule has 1 heterocycles. The van der Waals surface area contributed by atoms with Crippen molar-refractivity contribution in [3.05, 3.63) is 48.2 Å². The van der Waals surface area contributed by atoms with Gasteiger partial charge in [-0.2, -0.15) is 0 Å². The van der Waals surface area contributed by atoms with Crippen LogP contribution in [0.3, 0.4) is 0 Å². The van der Waals surface area contributed by atoms with E-state index in [-0.39, 0.29) is 6.10 Å². The molecule has 0 radical (unpaired) electrons. The minimum Gasteiger partial charge on any atom is -0.444 e. The van der Waals surface area contributed by atoms with Crippen molar-refractivity contribution in [2.75, 3.05) is 13.1 Å². The third-order valence-electron chi connectivity index (χ3n) is 4.00. The van der Waals surface area contributed by atoms with Crippen LogP contribution >= 0.6 is 0 Å². The molecule has 1 amide bonds. The first-order chi connectivity index (χ1) is 11.6. The Morgan fingerprint density at radius 3 is 2.88 bits per heavy atom. The van der Waals surface area contributed by atoms with E-state index < -0.39 is 19.2 Å². The first-order valence-corrected chi connectivity index (χ1v) is 8.32. The molecule has 6 nitrogen and oxygen atoms in total. The molecule has 1 aliphatic heterocycles. The summed E-state index contributed by atoms with van der Waals surface area (Å²) in [5, 5.41) is 21.6. The molecule has 0 saturated carbocycles. The summed E-state index contributed by atoms with van der Waals surface area (Å²) in [6.07, 6.45) is 5.23. The van der Waals surface area contributed by atoms with Gasteiger partial charge in [-0.1, -0.05) is 36.4 Å². The second-order valence-corrected chi connectivity index (χ2v) is 6.00. The maximum atomic E-state index is 12.1. The van der Waals surface area contributed by atoms with Gasteiger partial charge in [-0.25, -0.2) is 4.79 Å². The highest BCUT2D eigenvalue weighted by molar-refractivity contribution is 6.43. The van der Waals surface area contributed by atoms with E-state index in [1.165, 1.54) is 0 Å². The number of likely N-dealkylation sites (tertiary alicyclic amines) is 1. The highest BCUT2D eigenvalue weighted by atomic mass is 16.6. The van der Waals surface area contributed by atoms with Crippen molar-refractivity contribution in [1.29, 1.82) is 0 Å². The molecule has 7 heteroatoms. The second-order valence-electron chi connectivity index (χ2n) is 6.00. The molecule has 3 N–H and O–H groups in total. The Morgan fingerprint density at radius 2 is 2.21 bits per heavy atom. The number of allylic oxidation sites excluding steroid dienone is 1. The fourth-order valence-electron chi connectivity index (χ4n) is 2.84. The van der Waals surface area contributed by atoms with Crippen LogP contribution in [0.25, 0.3) is 0 Å². The number of carbonyl (C=O) groups excluding carboxylic acids is 1. The Bertz CT molecular complexity index is 539. The van der Waals surface area contributed by atoms with Gasteiger partial charge in [0.15, 0.2) is 0 Å². The fourth-order valence-corrected chi connectivity index (χ4v) is 2.84. The van der Waals surface area contributed by atoms with E-state index in [0.717, 1.165) is 24.9 Å². The zero-order valence-corrected chi connectivity index (χ0v) is 14.0. The number of piperidine rings is 1. The van der Waals surface area contributed by atoms with E-state index in [1.54, 1.807) is 0 Å². The van der Waals surface area contributed by atoms with Crippen LogP contribution in [0.5, 0.6) is 0 Å². The molecule has 24 heavy (non-hydrogen) atoms. The minimum absolute atomic E-state index is 0.192. The lowest BCUT2D eigenvalue weighted by Crippen LogP contribution is -2.49. The van der Waals surface area contributed by atoms with Gasteiger partial charge in [0.1, 0.15) is 6.10 Å². The summed E-state index contributed by atoms with van der Waals surface area (Å²) in [4.78, 5) is 14.2. The lowest BCUT2D eigenvalue weighted by molar-refractivity contribution is 0.0552. The van der Waals surface area contributed by atoms with Gasteiger partial charge in [0.2, 0.25) is 0 Å². The Hall–Kier alpha value is -1.99. The van der Waals surface area contributed by atoms with Gasteiger partial charge >= 0.3 is 13.2 Å². The van der Waals surface area contributed by atoms with Crippen molar-refractivity contribution in [3.63, 3.8) is 0 Å². The summed E-state index contributed by atoms with van der Waals surface area (Å²) in [5.74, 6) is -0.810. The average molecular weight is 332 g/mol. The maximum Gasteiger partial charge on any atom is 0.475 e. The molecule has 2 rings (SSSR count). The topological polar surface area (TPSA) is 82.0 Å². The van der Waals surface area contributed by atoms with Crippen molar-refractivity contribution in [2.24, 2.45) is 0 Å². The van der Waals surface area contributed by atoms with Crippen molar-refractivity contribution in [3.8, 4) is 0 Å². The molecule has 1 aromatic rings. The smallest absolute Gasteiger partial charge is 0.444 e. The third-order valence-corrected chi connectivity index (χ3v) is 4.00. The van der Waals surface area contributed by atoms with Gasteiger partial charge in [-0.3, -0.25) is 0 Å². The number of amides is 1. The average Bonchev–Trinajstić information content (AvgIpc) is 2.55. The Morgan fingerprint density at radius 1 is 1.46 bits per heavy atom. The summed E-state index contributed by atoms with van der Waals surface area (Å²) in [5.41, 5.74) is 0.910. The Labute approximate surface area is 143 Å². The summed E-state index contributed by atoms with van der Waals surface area (Å²) >= 11 is 0. The molecule has 1 aliphatic rings. The number of rotatable bonds is 6. The summed E-state index contributed by atoms with van der Waals surface area (Å²) in [7, 11) is -1.65. The van der Waals surface area contributed by atoms with Crippen LogP contribution in [0.2, 0.25) is 0 Å². The molecule has 1 fully saturated rings. The number of ether oxygens (including phenoxy) is 1. The molecule has 1 saturated heterocycles. The van der Waals surface area contributed by atoms with Crippen molar-refractivity contribution in [2.45, 2.75) is 38.2 Å². The van der Waals surface area contributed by atoms with Gasteiger partial charge in [-0.15, -0.1) is 0 Å². The molecule has 0 aliphatic carbocycles. The van der Waals surface area contributed by atoms with Crippen LogP contribution in [-0.4, -0.2) is 53.3 Å². The van der Waals surface area contributed by atoms with Crippen molar-refractivity contribution in [1.82, 2.24) is 10.2 Å². The normalized spacial score (nSPS) is 19.1. The van der Waals surface area contributed by atoms with E-state index in [4.69, 9.17) is 4.74 Å². The van der Waals surface area contributed by atoms with Crippen LogP contribution in [0.15, 0.2) is 42.6 Å². The predicted octanol–water partition coefficient (Wildman–Crippen LogP) is 1.33. The van der Waals surface area contributed by atoms with Crippen LogP contribution in [0.1, 0.15) is 25.3 Å². The number of alkyl carbamates (subject to hydrolysis) is 1. The minimum atomic E-state index is -1.65. The van der Waals surface area contributed by atoms with Crippen LogP contribution in [-0.2, 0) is 11.2 Å². The maximum absolute atomic E-state index is 12.1. The van der Waals surface area contributed by atoms with Crippen molar-refractivity contribution < 1.29 is 19.6 Å². The standard InChI is InChI=1S/C17H25BN2O4/c1-2-10-20-11-6-9-15(13-20)24-17(21)19-16(18(22)23)12-14-7-4-3-5-8-14/h2-5,7-8,10,15-16,22-23H,6,9,11-13H2,1H3,(H,19,21)/t15-,16?/m0/s1. The quantitative estimate of drug-likeness (QED) is 0.685. The van der Waals surface area contributed by atoms with Crippen molar-refractivity contribution >= 4 is 13.2 Å². The van der Waals surface area contributed by atoms with E-state index in [2.05, 4.69) is 10.2 Å². The highest BCUT2D eigenvalue weighted by Crippen LogP contribution is 2.14.